The van der Waals surface area contributed by atoms with Gasteiger partial charge in [-0.15, -0.1) is 0 Å². The second-order valence-electron chi connectivity index (χ2n) is 5.69. The molecular formula is C15H18N4O2. The normalized spacial score (nSPS) is 25.9. The van der Waals surface area contributed by atoms with Crippen molar-refractivity contribution in [3.63, 3.8) is 0 Å². The van der Waals surface area contributed by atoms with Gasteiger partial charge in [0.25, 0.3) is 5.89 Å². The van der Waals surface area contributed by atoms with E-state index in [-0.39, 0.29) is 6.10 Å². The highest BCUT2D eigenvalue weighted by atomic mass is 16.5. The molecule has 0 bridgehead atoms. The molecule has 0 saturated carbocycles. The van der Waals surface area contributed by atoms with Crippen LogP contribution in [0.1, 0.15) is 24.8 Å². The molecule has 0 radical (unpaired) electrons. The predicted octanol–water partition coefficient (Wildman–Crippen LogP) is 1.85. The topological polar surface area (TPSA) is 77.4 Å². The van der Waals surface area contributed by atoms with E-state index in [0.29, 0.717) is 23.4 Å². The van der Waals surface area contributed by atoms with Gasteiger partial charge in [-0.1, -0.05) is 5.16 Å². The average Bonchev–Trinajstić information content (AvgIpc) is 3.16. The first-order chi connectivity index (χ1) is 10.3. The molecule has 21 heavy (non-hydrogen) atoms. The van der Waals surface area contributed by atoms with Crippen molar-refractivity contribution in [2.75, 3.05) is 25.4 Å². The van der Waals surface area contributed by atoms with Crippen LogP contribution in [-0.2, 0) is 4.74 Å². The number of nitrogen functional groups attached to an aromatic ring is 1. The highest BCUT2D eigenvalue weighted by Gasteiger charge is 2.34. The zero-order valence-electron chi connectivity index (χ0n) is 11.7. The van der Waals surface area contributed by atoms with Gasteiger partial charge in [0, 0.05) is 23.8 Å². The Bertz CT molecular complexity index is 625. The van der Waals surface area contributed by atoms with Gasteiger partial charge in [0.1, 0.15) is 6.10 Å². The van der Waals surface area contributed by atoms with Gasteiger partial charge < -0.3 is 15.0 Å². The molecule has 3 heterocycles. The molecule has 2 aliphatic heterocycles. The fourth-order valence-electron chi connectivity index (χ4n) is 3.08. The molecule has 2 atom stereocenters. The van der Waals surface area contributed by atoms with Crippen molar-refractivity contribution in [1.82, 2.24) is 15.0 Å². The van der Waals surface area contributed by atoms with Crippen LogP contribution in [-0.4, -0.2) is 40.8 Å². The number of morpholine rings is 1. The van der Waals surface area contributed by atoms with E-state index in [0.717, 1.165) is 25.3 Å². The van der Waals surface area contributed by atoms with Crippen molar-refractivity contribution in [3.05, 3.63) is 30.1 Å². The van der Waals surface area contributed by atoms with Crippen molar-refractivity contribution < 1.29 is 9.26 Å². The van der Waals surface area contributed by atoms with Crippen LogP contribution in [0.2, 0.25) is 0 Å². The smallest absolute Gasteiger partial charge is 0.258 e. The van der Waals surface area contributed by atoms with Gasteiger partial charge in [-0.05, 0) is 43.7 Å². The monoisotopic (exact) mass is 286 g/mol. The van der Waals surface area contributed by atoms with Crippen LogP contribution in [0, 0.1) is 0 Å². The summed E-state index contributed by atoms with van der Waals surface area (Å²) < 4.78 is 11.3. The minimum absolute atomic E-state index is 0.0920. The number of anilines is 1. The maximum absolute atomic E-state index is 5.90. The van der Waals surface area contributed by atoms with Crippen molar-refractivity contribution >= 4 is 5.69 Å². The maximum Gasteiger partial charge on any atom is 0.258 e. The number of benzene rings is 1. The van der Waals surface area contributed by atoms with Gasteiger partial charge in [0.05, 0.1) is 6.61 Å². The van der Waals surface area contributed by atoms with Crippen molar-refractivity contribution in [1.29, 1.82) is 0 Å². The first kappa shape index (κ1) is 12.8. The number of ether oxygens (including phenoxy) is 1. The number of fused-ring (bicyclic) bond motifs is 1. The number of hydrogen-bond donors (Lipinski definition) is 1. The SMILES string of the molecule is Nc1ccc(-c2nc(C3CN4CCCC4CO3)no2)cc1. The van der Waals surface area contributed by atoms with Gasteiger partial charge in [0.2, 0.25) is 5.82 Å². The minimum Gasteiger partial charge on any atom is -0.399 e. The Labute approximate surface area is 122 Å². The standard InChI is InChI=1S/C15H18N4O2/c16-11-5-3-10(4-6-11)15-17-14(18-21-15)13-8-19-7-1-2-12(19)9-20-13/h3-6,12-13H,1-2,7-9,16H2. The Hall–Kier alpha value is -1.92. The lowest BCUT2D eigenvalue weighted by Gasteiger charge is -2.33. The van der Waals surface area contributed by atoms with Gasteiger partial charge in [0.15, 0.2) is 0 Å². The molecule has 2 saturated heterocycles. The molecule has 2 aliphatic rings. The van der Waals surface area contributed by atoms with E-state index in [1.54, 1.807) is 0 Å². The molecule has 2 N–H and O–H groups in total. The van der Waals surface area contributed by atoms with Gasteiger partial charge >= 0.3 is 0 Å². The summed E-state index contributed by atoms with van der Waals surface area (Å²) in [6.07, 6.45) is 2.39. The van der Waals surface area contributed by atoms with Gasteiger partial charge in [-0.2, -0.15) is 4.98 Å². The molecule has 2 aromatic rings. The molecular weight excluding hydrogens is 268 g/mol. The van der Waals surface area contributed by atoms with Crippen molar-refractivity contribution in [3.8, 4) is 11.5 Å². The Kier molecular flexibility index (Phi) is 3.12. The minimum atomic E-state index is -0.0920. The largest absolute Gasteiger partial charge is 0.399 e. The first-order valence-corrected chi connectivity index (χ1v) is 7.35. The predicted molar refractivity (Wildman–Crippen MR) is 77.4 cm³/mol. The summed E-state index contributed by atoms with van der Waals surface area (Å²) in [6, 6.07) is 7.98. The van der Waals surface area contributed by atoms with Crippen LogP contribution < -0.4 is 5.73 Å². The van der Waals surface area contributed by atoms with Crippen LogP contribution in [0.25, 0.3) is 11.5 Å². The lowest BCUT2D eigenvalue weighted by molar-refractivity contribution is -0.0548. The molecule has 2 fully saturated rings. The quantitative estimate of drug-likeness (QED) is 0.849. The lowest BCUT2D eigenvalue weighted by Crippen LogP contribution is -2.42. The third-order valence-corrected chi connectivity index (χ3v) is 4.28. The van der Waals surface area contributed by atoms with Crippen LogP contribution in [0.15, 0.2) is 28.8 Å². The van der Waals surface area contributed by atoms with Crippen LogP contribution in [0.4, 0.5) is 5.69 Å². The Balaban J connectivity index is 1.53. The van der Waals surface area contributed by atoms with E-state index >= 15 is 0 Å². The van der Waals surface area contributed by atoms with Gasteiger partial charge in [-0.3, -0.25) is 4.90 Å². The summed E-state index contributed by atoms with van der Waals surface area (Å²) in [5.41, 5.74) is 7.27. The van der Waals surface area contributed by atoms with E-state index in [2.05, 4.69) is 15.0 Å². The highest BCUT2D eigenvalue weighted by molar-refractivity contribution is 5.56. The van der Waals surface area contributed by atoms with E-state index in [1.807, 2.05) is 24.3 Å². The molecule has 6 nitrogen and oxygen atoms in total. The first-order valence-electron chi connectivity index (χ1n) is 7.35. The second-order valence-corrected chi connectivity index (χ2v) is 5.69. The summed E-state index contributed by atoms with van der Waals surface area (Å²) in [5, 5.41) is 4.08. The van der Waals surface area contributed by atoms with Crippen molar-refractivity contribution in [2.24, 2.45) is 0 Å². The number of nitrogens with two attached hydrogens (primary N) is 1. The van der Waals surface area contributed by atoms with E-state index in [4.69, 9.17) is 15.0 Å². The summed E-state index contributed by atoms with van der Waals surface area (Å²) in [7, 11) is 0. The highest BCUT2D eigenvalue weighted by Crippen LogP contribution is 2.29. The van der Waals surface area contributed by atoms with E-state index in [9.17, 15) is 0 Å². The third-order valence-electron chi connectivity index (χ3n) is 4.28. The lowest BCUT2D eigenvalue weighted by atomic mass is 10.2. The molecule has 0 amide bonds. The second kappa shape index (κ2) is 5.13. The maximum atomic E-state index is 5.90. The molecule has 0 spiro atoms. The van der Waals surface area contributed by atoms with Crippen molar-refractivity contribution in [2.45, 2.75) is 25.0 Å². The fraction of sp³-hybridized carbons (Fsp3) is 0.467. The molecule has 6 heteroatoms. The summed E-state index contributed by atoms with van der Waals surface area (Å²) in [5.74, 6) is 1.14. The summed E-state index contributed by atoms with van der Waals surface area (Å²) in [6.45, 7) is 2.76. The zero-order chi connectivity index (χ0) is 14.2. The zero-order valence-corrected chi connectivity index (χ0v) is 11.7. The molecule has 4 rings (SSSR count). The number of hydrogen-bond acceptors (Lipinski definition) is 6. The average molecular weight is 286 g/mol. The number of aromatic nitrogens is 2. The Morgan fingerprint density at radius 1 is 1.24 bits per heavy atom. The number of rotatable bonds is 2. The fourth-order valence-corrected chi connectivity index (χ4v) is 3.08. The van der Waals surface area contributed by atoms with E-state index in [1.165, 1.54) is 12.8 Å². The molecule has 0 aliphatic carbocycles. The molecule has 110 valence electrons. The van der Waals surface area contributed by atoms with Crippen LogP contribution in [0.5, 0.6) is 0 Å². The molecule has 1 aromatic carbocycles. The Morgan fingerprint density at radius 2 is 2.10 bits per heavy atom. The van der Waals surface area contributed by atoms with Crippen LogP contribution in [0.3, 0.4) is 0 Å². The summed E-state index contributed by atoms with van der Waals surface area (Å²) >= 11 is 0. The molecule has 2 unspecified atom stereocenters. The number of nitrogens with zero attached hydrogens (tertiary/aromatic N) is 3. The third kappa shape index (κ3) is 2.41. The van der Waals surface area contributed by atoms with E-state index < -0.39 is 0 Å². The Morgan fingerprint density at radius 3 is 2.95 bits per heavy atom. The van der Waals surface area contributed by atoms with Crippen LogP contribution >= 0.6 is 0 Å². The molecule has 1 aromatic heterocycles. The summed E-state index contributed by atoms with van der Waals surface area (Å²) in [4.78, 5) is 6.94. The van der Waals surface area contributed by atoms with Gasteiger partial charge in [-0.25, -0.2) is 0 Å².